The van der Waals surface area contributed by atoms with E-state index in [4.69, 9.17) is 0 Å². The second kappa shape index (κ2) is 4.74. The van der Waals surface area contributed by atoms with Gasteiger partial charge in [0, 0.05) is 6.20 Å². The lowest BCUT2D eigenvalue weighted by molar-refractivity contribution is -0.146. The van der Waals surface area contributed by atoms with Crippen LogP contribution in [0.25, 0.3) is 0 Å². The van der Waals surface area contributed by atoms with Crippen molar-refractivity contribution in [3.8, 4) is 0 Å². The lowest BCUT2D eigenvalue weighted by atomic mass is 9.82. The van der Waals surface area contributed by atoms with Gasteiger partial charge < -0.3 is 10.4 Å². The molecule has 2 N–H and O–H groups in total. The Kier molecular flexibility index (Phi) is 3.04. The molecule has 2 aliphatic carbocycles. The number of carbonyl (C=O) groups is 2. The molecule has 104 valence electrons. The first-order chi connectivity index (χ1) is 9.56. The number of fused-ring (bicyclic) bond motifs is 2. The molecule has 0 spiro atoms. The van der Waals surface area contributed by atoms with E-state index in [-0.39, 0.29) is 17.7 Å². The fourth-order valence-electron chi connectivity index (χ4n) is 3.33. The quantitative estimate of drug-likeness (QED) is 0.823. The Morgan fingerprint density at radius 3 is 2.65 bits per heavy atom. The number of pyridine rings is 1. The van der Waals surface area contributed by atoms with Gasteiger partial charge in [-0.1, -0.05) is 12.2 Å². The van der Waals surface area contributed by atoms with Crippen LogP contribution < -0.4 is 5.32 Å². The number of amides is 1. The standard InChI is InChI=1S/C15H16N2O3/c1-8-4-5-16-11(6-8)17-14(18)12-9-2-3-10(7-9)13(12)15(19)20/h2-6,9-10,12-13H,7H2,1H3,(H,19,20)(H,16,17,18). The molecule has 0 aromatic carbocycles. The molecule has 1 heterocycles. The highest BCUT2D eigenvalue weighted by Crippen LogP contribution is 2.48. The summed E-state index contributed by atoms with van der Waals surface area (Å²) in [6.07, 6.45) is 6.28. The lowest BCUT2D eigenvalue weighted by Gasteiger charge is -2.23. The minimum absolute atomic E-state index is 0.0151. The van der Waals surface area contributed by atoms with Crippen molar-refractivity contribution in [3.63, 3.8) is 0 Å². The van der Waals surface area contributed by atoms with Crippen LogP contribution in [0.4, 0.5) is 5.82 Å². The Labute approximate surface area is 116 Å². The first-order valence-electron chi connectivity index (χ1n) is 6.71. The highest BCUT2D eigenvalue weighted by Gasteiger charge is 2.51. The van der Waals surface area contributed by atoms with E-state index < -0.39 is 17.8 Å². The maximum Gasteiger partial charge on any atom is 0.307 e. The van der Waals surface area contributed by atoms with Crippen molar-refractivity contribution in [2.24, 2.45) is 23.7 Å². The third-order valence-electron chi connectivity index (χ3n) is 4.21. The maximum absolute atomic E-state index is 12.4. The molecule has 4 unspecified atom stereocenters. The van der Waals surface area contributed by atoms with Gasteiger partial charge in [0.05, 0.1) is 11.8 Å². The van der Waals surface area contributed by atoms with Gasteiger partial charge in [0.15, 0.2) is 0 Å². The molecule has 4 atom stereocenters. The van der Waals surface area contributed by atoms with E-state index in [0.29, 0.717) is 5.82 Å². The van der Waals surface area contributed by atoms with Crippen LogP contribution in [0.3, 0.4) is 0 Å². The van der Waals surface area contributed by atoms with Crippen LogP contribution >= 0.6 is 0 Å². The van der Waals surface area contributed by atoms with E-state index in [0.717, 1.165) is 12.0 Å². The van der Waals surface area contributed by atoms with E-state index in [1.807, 2.05) is 25.1 Å². The average molecular weight is 272 g/mol. The van der Waals surface area contributed by atoms with Crippen LogP contribution in [-0.2, 0) is 9.59 Å². The van der Waals surface area contributed by atoms with Crippen LogP contribution in [-0.4, -0.2) is 22.0 Å². The molecule has 1 aromatic heterocycles. The number of aryl methyl sites for hydroxylation is 1. The Morgan fingerprint density at radius 1 is 1.30 bits per heavy atom. The normalized spacial score (nSPS) is 30.4. The molecule has 1 fully saturated rings. The van der Waals surface area contributed by atoms with E-state index in [1.165, 1.54) is 0 Å². The number of rotatable bonds is 3. The molecule has 2 aliphatic rings. The number of aliphatic carboxylic acids is 1. The van der Waals surface area contributed by atoms with Gasteiger partial charge in [-0.15, -0.1) is 0 Å². The summed E-state index contributed by atoms with van der Waals surface area (Å²) in [6.45, 7) is 1.91. The largest absolute Gasteiger partial charge is 0.481 e. The second-order valence-electron chi connectivity index (χ2n) is 5.55. The molecule has 0 saturated heterocycles. The van der Waals surface area contributed by atoms with Crippen molar-refractivity contribution in [1.82, 2.24) is 4.98 Å². The van der Waals surface area contributed by atoms with Gasteiger partial charge in [-0.05, 0) is 42.9 Å². The summed E-state index contributed by atoms with van der Waals surface area (Å²) in [5.74, 6) is -1.75. The van der Waals surface area contributed by atoms with E-state index in [9.17, 15) is 14.7 Å². The monoisotopic (exact) mass is 272 g/mol. The van der Waals surface area contributed by atoms with E-state index in [1.54, 1.807) is 12.3 Å². The molecule has 1 aromatic rings. The molecule has 5 heteroatoms. The molecule has 5 nitrogen and oxygen atoms in total. The van der Waals surface area contributed by atoms with Crippen molar-refractivity contribution in [1.29, 1.82) is 0 Å². The van der Waals surface area contributed by atoms with Crippen molar-refractivity contribution < 1.29 is 14.7 Å². The number of allylic oxidation sites excluding steroid dienone is 2. The van der Waals surface area contributed by atoms with Gasteiger partial charge in [-0.25, -0.2) is 4.98 Å². The third-order valence-corrected chi connectivity index (χ3v) is 4.21. The summed E-state index contributed by atoms with van der Waals surface area (Å²) in [5.41, 5.74) is 0.998. The first kappa shape index (κ1) is 12.8. The summed E-state index contributed by atoms with van der Waals surface area (Å²) in [5, 5.41) is 12.1. The van der Waals surface area contributed by atoms with Crippen LogP contribution in [0, 0.1) is 30.6 Å². The smallest absolute Gasteiger partial charge is 0.307 e. The fraction of sp³-hybridized carbons (Fsp3) is 0.400. The van der Waals surface area contributed by atoms with Gasteiger partial charge in [-0.2, -0.15) is 0 Å². The number of hydrogen-bond acceptors (Lipinski definition) is 3. The predicted octanol–water partition coefficient (Wildman–Crippen LogP) is 1.85. The number of hydrogen-bond donors (Lipinski definition) is 2. The predicted molar refractivity (Wildman–Crippen MR) is 73.0 cm³/mol. The van der Waals surface area contributed by atoms with Gasteiger partial charge in [0.25, 0.3) is 0 Å². The number of carbonyl (C=O) groups excluding carboxylic acids is 1. The average Bonchev–Trinajstić information content (AvgIpc) is 2.98. The number of nitrogens with one attached hydrogen (secondary N) is 1. The first-order valence-corrected chi connectivity index (χ1v) is 6.71. The number of aromatic nitrogens is 1. The zero-order valence-electron chi connectivity index (χ0n) is 11.1. The maximum atomic E-state index is 12.4. The summed E-state index contributed by atoms with van der Waals surface area (Å²) in [6, 6.07) is 3.62. The lowest BCUT2D eigenvalue weighted by Crippen LogP contribution is -2.36. The zero-order valence-corrected chi connectivity index (χ0v) is 11.1. The van der Waals surface area contributed by atoms with Crippen LogP contribution in [0.2, 0.25) is 0 Å². The Morgan fingerprint density at radius 2 is 2.00 bits per heavy atom. The molecule has 20 heavy (non-hydrogen) atoms. The highest BCUT2D eigenvalue weighted by molar-refractivity contribution is 5.95. The minimum Gasteiger partial charge on any atom is -0.481 e. The molecular formula is C15H16N2O3. The Balaban J connectivity index is 1.80. The molecule has 1 amide bonds. The summed E-state index contributed by atoms with van der Waals surface area (Å²) in [4.78, 5) is 27.9. The minimum atomic E-state index is -0.890. The SMILES string of the molecule is Cc1ccnc(NC(=O)C2C3C=CC(C3)C2C(=O)O)c1. The van der Waals surface area contributed by atoms with Crippen LogP contribution in [0.1, 0.15) is 12.0 Å². The molecule has 1 saturated carbocycles. The fourth-order valence-corrected chi connectivity index (χ4v) is 3.33. The topological polar surface area (TPSA) is 79.3 Å². The molecular weight excluding hydrogens is 256 g/mol. The van der Waals surface area contributed by atoms with Crippen molar-refractivity contribution in [2.75, 3.05) is 5.32 Å². The zero-order chi connectivity index (χ0) is 14.3. The number of carboxylic acids is 1. The van der Waals surface area contributed by atoms with Gasteiger partial charge in [0.2, 0.25) is 5.91 Å². The van der Waals surface area contributed by atoms with Crippen LogP contribution in [0.15, 0.2) is 30.5 Å². The van der Waals surface area contributed by atoms with Crippen molar-refractivity contribution >= 4 is 17.7 Å². The van der Waals surface area contributed by atoms with E-state index >= 15 is 0 Å². The van der Waals surface area contributed by atoms with Crippen LogP contribution in [0.5, 0.6) is 0 Å². The van der Waals surface area contributed by atoms with Gasteiger partial charge >= 0.3 is 5.97 Å². The van der Waals surface area contributed by atoms with E-state index in [2.05, 4.69) is 10.3 Å². The van der Waals surface area contributed by atoms with Crippen molar-refractivity contribution in [2.45, 2.75) is 13.3 Å². The number of carboxylic acid groups (broad SMARTS) is 1. The summed E-state index contributed by atoms with van der Waals surface area (Å²) < 4.78 is 0. The summed E-state index contributed by atoms with van der Waals surface area (Å²) >= 11 is 0. The number of nitrogens with zero attached hydrogens (tertiary/aromatic N) is 1. The highest BCUT2D eigenvalue weighted by atomic mass is 16.4. The molecule has 2 bridgehead atoms. The number of anilines is 1. The third kappa shape index (κ3) is 2.09. The second-order valence-corrected chi connectivity index (χ2v) is 5.55. The summed E-state index contributed by atoms with van der Waals surface area (Å²) in [7, 11) is 0. The molecule has 0 aliphatic heterocycles. The van der Waals surface area contributed by atoms with Crippen molar-refractivity contribution in [3.05, 3.63) is 36.0 Å². The Hall–Kier alpha value is -2.17. The van der Waals surface area contributed by atoms with Gasteiger partial charge in [-0.3, -0.25) is 9.59 Å². The molecule has 0 radical (unpaired) electrons. The van der Waals surface area contributed by atoms with Gasteiger partial charge in [0.1, 0.15) is 5.82 Å². The Bertz CT molecular complexity index is 597. The molecule has 3 rings (SSSR count).